The molecule has 4 heavy (non-hydrogen) atoms. The van der Waals surface area contributed by atoms with E-state index in [0.29, 0.717) is 0 Å². The van der Waals surface area contributed by atoms with Gasteiger partial charge in [-0.25, -0.2) is 0 Å². The van der Waals surface area contributed by atoms with Crippen molar-refractivity contribution in [2.45, 2.75) is 6.90 Å². The molecule has 0 N–H and O–H groups in total. The number of hydrogen-bond acceptors (Lipinski definition) is 1. The van der Waals surface area contributed by atoms with Gasteiger partial charge in [-0.05, 0) is 0 Å². The molecule has 0 unspecified atom stereocenters. The Balaban J connectivity index is 0. The molecule has 0 aromatic carbocycles. The fourth-order valence-electron chi connectivity index (χ4n) is 0. The van der Waals surface area contributed by atoms with Gasteiger partial charge in [0.2, 0.25) is 0 Å². The summed E-state index contributed by atoms with van der Waals surface area (Å²) < 4.78 is 6.14. The Kier molecular flexibility index (Phi) is 11.2. The van der Waals surface area contributed by atoms with Gasteiger partial charge >= 0.3 is 29.6 Å². The molecule has 0 aromatic heterocycles. The first-order chi connectivity index (χ1) is 1.91. The zero-order chi connectivity index (χ0) is 3.41. The third-order valence-electron chi connectivity index (χ3n) is 0. The van der Waals surface area contributed by atoms with Crippen molar-refractivity contribution in [3.63, 3.8) is 0 Å². The van der Waals surface area contributed by atoms with E-state index in [1.165, 1.54) is 0 Å². The minimum atomic E-state index is -0.264. The zero-order valence-electron chi connectivity index (χ0n) is 3.82. The average Bonchev–Trinajstić information content (AvgIpc) is 1.37. The molecular weight excluding hydrogens is 63.0 g/mol. The molecule has 0 bridgehead atoms. The van der Waals surface area contributed by atoms with E-state index < -0.39 is 0 Å². The molecule has 1 nitrogen and oxygen atoms in total. The first kappa shape index (κ1) is 4.96. The van der Waals surface area contributed by atoms with Gasteiger partial charge in [0.25, 0.3) is 0 Å². The minimum absolute atomic E-state index is 0. The van der Waals surface area contributed by atoms with Gasteiger partial charge in [-0.3, -0.25) is 0 Å². The van der Waals surface area contributed by atoms with Crippen LogP contribution in [0, 0.1) is 0 Å². The van der Waals surface area contributed by atoms with Crippen LogP contribution in [0.3, 0.4) is 0 Å². The Bertz CT molecular complexity index is 11.6. The van der Waals surface area contributed by atoms with Gasteiger partial charge in [-0.2, -0.15) is 0 Å². The maximum Gasteiger partial charge on any atom is 1.00 e. The van der Waals surface area contributed by atoms with Crippen LogP contribution >= 0.6 is 0 Å². The monoisotopic (exact) mass is 69.0 g/mol. The molecule has 0 heterocycles. The van der Waals surface area contributed by atoms with Crippen molar-refractivity contribution in [1.82, 2.24) is 0 Å². The Morgan fingerprint density at radius 1 is 2.25 bits per heavy atom. The fraction of sp³-hybridized carbons (Fsp3) is 1.00. The van der Waals surface area contributed by atoms with E-state index in [0.717, 1.165) is 0 Å². The van der Waals surface area contributed by atoms with Crippen molar-refractivity contribution in [2.24, 2.45) is 0 Å². The molecule has 0 spiro atoms. The molecule has 0 rings (SSSR count). The maximum atomic E-state index is 9.11. The zero-order valence-corrected chi connectivity index (χ0v) is 4.82. The van der Waals surface area contributed by atoms with Gasteiger partial charge in [0.15, 0.2) is 0 Å². The second-order valence-electron chi connectivity index (χ2n) is 0.204. The molecule has 0 fully saturated rings. The Hall–Kier alpha value is 0.960. The standard InChI is InChI=1S/C2H5O.Na/c1-2-3;/h2H2,1H3;/q-1;+1/i1D;. The summed E-state index contributed by atoms with van der Waals surface area (Å²) in [4.78, 5) is 0. The van der Waals surface area contributed by atoms with Crippen LogP contribution in [0.2, 0.25) is 0 Å². The van der Waals surface area contributed by atoms with Gasteiger partial charge in [0.1, 0.15) is 0 Å². The molecule has 0 saturated heterocycles. The smallest absolute Gasteiger partial charge is 0.855 e. The maximum absolute atomic E-state index is 9.11. The van der Waals surface area contributed by atoms with Crippen molar-refractivity contribution >= 4 is 0 Å². The molecule has 0 aliphatic carbocycles. The summed E-state index contributed by atoms with van der Waals surface area (Å²) in [5.41, 5.74) is 0. The summed E-state index contributed by atoms with van der Waals surface area (Å²) >= 11 is 0. The molecule has 0 saturated carbocycles. The van der Waals surface area contributed by atoms with Gasteiger partial charge in [0, 0.05) is 1.37 Å². The van der Waals surface area contributed by atoms with Gasteiger partial charge in [0.05, 0.1) is 0 Å². The molecule has 0 aliphatic heterocycles. The summed E-state index contributed by atoms with van der Waals surface area (Å²) in [5.74, 6) is 0. The molecule has 20 valence electrons. The summed E-state index contributed by atoms with van der Waals surface area (Å²) in [7, 11) is 0. The molecule has 0 aliphatic rings. The van der Waals surface area contributed by atoms with Crippen LogP contribution < -0.4 is 34.7 Å². The molecule has 0 radical (unpaired) electrons. The molecule has 0 atom stereocenters. The number of rotatable bonds is 0. The predicted molar refractivity (Wildman–Crippen MR) is 10.5 cm³/mol. The third kappa shape index (κ3) is 12.3. The van der Waals surface area contributed by atoms with Crippen LogP contribution in [0.1, 0.15) is 8.27 Å². The SMILES string of the molecule is [2H]CC[O-].[Na+]. The van der Waals surface area contributed by atoms with E-state index in [-0.39, 0.29) is 43.1 Å². The van der Waals surface area contributed by atoms with E-state index >= 15 is 0 Å². The quantitative estimate of drug-likeness (QED) is 0.269. The first-order valence-corrected chi connectivity index (χ1v) is 0.789. The van der Waals surface area contributed by atoms with Gasteiger partial charge in [-0.15, -0.1) is 6.61 Å². The second kappa shape index (κ2) is 9.03. The van der Waals surface area contributed by atoms with E-state index in [9.17, 15) is 0 Å². The van der Waals surface area contributed by atoms with E-state index in [1.807, 2.05) is 0 Å². The summed E-state index contributed by atoms with van der Waals surface area (Å²) in [6.45, 7) is -0.250. The van der Waals surface area contributed by atoms with Crippen LogP contribution in [0.25, 0.3) is 0 Å². The van der Waals surface area contributed by atoms with Crippen molar-refractivity contribution in [3.8, 4) is 0 Å². The van der Waals surface area contributed by atoms with Crippen LogP contribution in [-0.4, -0.2) is 6.61 Å². The minimum Gasteiger partial charge on any atom is -0.855 e. The third-order valence-corrected chi connectivity index (χ3v) is 0. The molecule has 2 heteroatoms. The molecular formula is C2H5NaO. The summed E-state index contributed by atoms with van der Waals surface area (Å²) in [6.07, 6.45) is 0. The van der Waals surface area contributed by atoms with Crippen LogP contribution in [0.15, 0.2) is 0 Å². The largest absolute Gasteiger partial charge is 1.00 e. The normalized spacial score (nSPS) is 7.75. The van der Waals surface area contributed by atoms with E-state index in [2.05, 4.69) is 0 Å². The second-order valence-corrected chi connectivity index (χ2v) is 0.204. The average molecular weight is 69.1 g/mol. The van der Waals surface area contributed by atoms with Gasteiger partial charge in [-0.1, -0.05) is 6.90 Å². The van der Waals surface area contributed by atoms with Crippen molar-refractivity contribution < 1.29 is 36.0 Å². The fourth-order valence-corrected chi connectivity index (χ4v) is 0. The first-order valence-electron chi connectivity index (χ1n) is 1.50. The number of hydrogen-bond donors (Lipinski definition) is 0. The van der Waals surface area contributed by atoms with E-state index in [1.54, 1.807) is 0 Å². The van der Waals surface area contributed by atoms with Crippen LogP contribution in [0.5, 0.6) is 0 Å². The van der Waals surface area contributed by atoms with Crippen LogP contribution in [0.4, 0.5) is 0 Å². The molecule has 0 aromatic rings. The van der Waals surface area contributed by atoms with E-state index in [4.69, 9.17) is 6.48 Å². The summed E-state index contributed by atoms with van der Waals surface area (Å²) in [5, 5.41) is 9.11. The van der Waals surface area contributed by atoms with Crippen molar-refractivity contribution in [3.05, 3.63) is 0 Å². The topological polar surface area (TPSA) is 23.1 Å². The van der Waals surface area contributed by atoms with Crippen molar-refractivity contribution in [2.75, 3.05) is 6.61 Å². The van der Waals surface area contributed by atoms with Crippen molar-refractivity contribution in [1.29, 1.82) is 0 Å². The molecule has 0 amide bonds. The Labute approximate surface area is 49.7 Å². The Morgan fingerprint density at radius 3 is 2.50 bits per heavy atom. The van der Waals surface area contributed by atoms with Crippen LogP contribution in [-0.2, 0) is 0 Å². The Morgan fingerprint density at radius 2 is 2.50 bits per heavy atom. The van der Waals surface area contributed by atoms with Gasteiger partial charge < -0.3 is 5.11 Å². The summed E-state index contributed by atoms with van der Waals surface area (Å²) in [6, 6.07) is 0. The predicted octanol–water partition coefficient (Wildman–Crippen LogP) is -3.63.